The summed E-state index contributed by atoms with van der Waals surface area (Å²) >= 11 is 0. The second-order valence-corrected chi connectivity index (χ2v) is 5.92. The van der Waals surface area contributed by atoms with Crippen molar-refractivity contribution < 1.29 is 15.0 Å². The van der Waals surface area contributed by atoms with Crippen molar-refractivity contribution in [1.82, 2.24) is 4.98 Å². The van der Waals surface area contributed by atoms with Crippen LogP contribution in [-0.2, 0) is 0 Å². The summed E-state index contributed by atoms with van der Waals surface area (Å²) in [5.74, 6) is -0.967. The van der Waals surface area contributed by atoms with Gasteiger partial charge in [-0.15, -0.1) is 0 Å². The summed E-state index contributed by atoms with van der Waals surface area (Å²) in [5.41, 5.74) is 2.15. The summed E-state index contributed by atoms with van der Waals surface area (Å²) in [7, 11) is 0. The summed E-state index contributed by atoms with van der Waals surface area (Å²) in [5, 5.41) is 21.4. The molecule has 3 N–H and O–H groups in total. The van der Waals surface area contributed by atoms with E-state index in [0.29, 0.717) is 17.9 Å². The van der Waals surface area contributed by atoms with E-state index in [1.54, 1.807) is 13.0 Å². The number of aliphatic hydroxyl groups is 1. The fraction of sp³-hybridized carbons (Fsp3) is 0.600. The lowest BCUT2D eigenvalue weighted by atomic mass is 9.87. The molecule has 1 heterocycles. The topological polar surface area (TPSA) is 82.5 Å². The number of nitrogens with one attached hydrogen (secondary N) is 1. The lowest BCUT2D eigenvalue weighted by molar-refractivity contribution is 0.0696. The van der Waals surface area contributed by atoms with Gasteiger partial charge in [-0.3, -0.25) is 4.98 Å². The molecule has 20 heavy (non-hydrogen) atoms. The third-order valence-corrected chi connectivity index (χ3v) is 3.31. The quantitative estimate of drug-likeness (QED) is 0.715. The van der Waals surface area contributed by atoms with Crippen LogP contribution in [0.5, 0.6) is 0 Å². The van der Waals surface area contributed by atoms with Gasteiger partial charge in [-0.2, -0.15) is 0 Å². The number of hydrogen-bond acceptors (Lipinski definition) is 4. The molecule has 0 bridgehead atoms. The Morgan fingerprint density at radius 3 is 2.60 bits per heavy atom. The maximum atomic E-state index is 11.3. The Bertz CT molecular complexity index is 484. The molecule has 1 rings (SSSR count). The highest BCUT2D eigenvalue weighted by atomic mass is 16.4. The average molecular weight is 280 g/mol. The smallest absolute Gasteiger partial charge is 0.339 e. The summed E-state index contributed by atoms with van der Waals surface area (Å²) in [6, 6.07) is 1.76. The van der Waals surface area contributed by atoms with Crippen LogP contribution in [0.4, 0.5) is 5.69 Å². The summed E-state index contributed by atoms with van der Waals surface area (Å²) in [6.45, 7) is 8.57. The number of aromatic nitrogens is 1. The van der Waals surface area contributed by atoms with E-state index in [0.717, 1.165) is 18.5 Å². The Balaban J connectivity index is 2.89. The lowest BCUT2D eigenvalue weighted by Gasteiger charge is -2.26. The van der Waals surface area contributed by atoms with Gasteiger partial charge in [0.2, 0.25) is 0 Å². The van der Waals surface area contributed by atoms with E-state index < -0.39 is 5.97 Å². The molecular formula is C15H24N2O3. The monoisotopic (exact) mass is 280 g/mol. The number of carboxylic acid groups (broad SMARTS) is 1. The van der Waals surface area contributed by atoms with Gasteiger partial charge in [0.15, 0.2) is 0 Å². The molecule has 0 spiro atoms. The molecule has 0 aliphatic rings. The van der Waals surface area contributed by atoms with Crippen molar-refractivity contribution in [3.05, 3.63) is 23.0 Å². The molecule has 0 aliphatic heterocycles. The van der Waals surface area contributed by atoms with Crippen molar-refractivity contribution in [3.8, 4) is 0 Å². The molecule has 0 fully saturated rings. The van der Waals surface area contributed by atoms with E-state index in [1.165, 1.54) is 0 Å². The van der Waals surface area contributed by atoms with E-state index in [-0.39, 0.29) is 17.6 Å². The predicted molar refractivity (Wildman–Crippen MR) is 79.3 cm³/mol. The van der Waals surface area contributed by atoms with Crippen LogP contribution >= 0.6 is 0 Å². The first kappa shape index (κ1) is 16.4. The molecule has 0 saturated heterocycles. The van der Waals surface area contributed by atoms with Gasteiger partial charge >= 0.3 is 5.97 Å². The van der Waals surface area contributed by atoms with Crippen LogP contribution in [0.15, 0.2) is 6.07 Å². The van der Waals surface area contributed by atoms with Crippen molar-refractivity contribution in [2.24, 2.45) is 5.41 Å². The van der Waals surface area contributed by atoms with E-state index in [2.05, 4.69) is 24.1 Å². The van der Waals surface area contributed by atoms with Crippen LogP contribution in [0.25, 0.3) is 0 Å². The molecule has 0 aromatic carbocycles. The highest BCUT2D eigenvalue weighted by molar-refractivity contribution is 5.95. The molecule has 1 aromatic heterocycles. The van der Waals surface area contributed by atoms with Gasteiger partial charge in [-0.1, -0.05) is 13.8 Å². The van der Waals surface area contributed by atoms with Crippen molar-refractivity contribution in [3.63, 3.8) is 0 Å². The van der Waals surface area contributed by atoms with E-state index in [9.17, 15) is 9.90 Å². The molecule has 112 valence electrons. The standard InChI is InChI=1S/C15H24N2O3/c1-10-8-12(13(14(19)20)11(2)17-10)16-9-15(3,4)6-5-7-18/h8,18H,5-7,9H2,1-4H3,(H,16,17)(H,19,20). The van der Waals surface area contributed by atoms with Gasteiger partial charge in [0.05, 0.1) is 11.4 Å². The van der Waals surface area contributed by atoms with Crippen molar-refractivity contribution in [2.45, 2.75) is 40.5 Å². The molecule has 0 aliphatic carbocycles. The van der Waals surface area contributed by atoms with Crippen LogP contribution < -0.4 is 5.32 Å². The molecule has 0 amide bonds. The average Bonchev–Trinajstić information content (AvgIpc) is 2.32. The molecule has 5 nitrogen and oxygen atoms in total. The second-order valence-electron chi connectivity index (χ2n) is 5.92. The SMILES string of the molecule is Cc1cc(NCC(C)(C)CCCO)c(C(=O)O)c(C)n1. The van der Waals surface area contributed by atoms with Crippen molar-refractivity contribution >= 4 is 11.7 Å². The number of anilines is 1. The Hall–Kier alpha value is -1.62. The number of aliphatic hydroxyl groups excluding tert-OH is 1. The largest absolute Gasteiger partial charge is 0.478 e. The van der Waals surface area contributed by atoms with Gasteiger partial charge in [0.25, 0.3) is 0 Å². The van der Waals surface area contributed by atoms with Gasteiger partial charge < -0.3 is 15.5 Å². The number of carbonyl (C=O) groups is 1. The number of aryl methyl sites for hydroxylation is 2. The van der Waals surface area contributed by atoms with Crippen molar-refractivity contribution in [2.75, 3.05) is 18.5 Å². The predicted octanol–water partition coefficient (Wildman–Crippen LogP) is 2.61. The fourth-order valence-corrected chi connectivity index (χ4v) is 2.22. The first-order chi connectivity index (χ1) is 9.26. The highest BCUT2D eigenvalue weighted by Crippen LogP contribution is 2.25. The van der Waals surface area contributed by atoms with Crippen LogP contribution in [0.2, 0.25) is 0 Å². The Kier molecular flexibility index (Phi) is 5.51. The van der Waals surface area contributed by atoms with Gasteiger partial charge in [0, 0.05) is 18.8 Å². The molecule has 5 heteroatoms. The number of carboxylic acids is 1. The van der Waals surface area contributed by atoms with E-state index in [1.807, 2.05) is 6.92 Å². The molecule has 0 atom stereocenters. The van der Waals surface area contributed by atoms with E-state index in [4.69, 9.17) is 5.11 Å². The molecule has 1 aromatic rings. The number of hydrogen-bond donors (Lipinski definition) is 3. The van der Waals surface area contributed by atoms with Crippen LogP contribution in [0.3, 0.4) is 0 Å². The van der Waals surface area contributed by atoms with Gasteiger partial charge in [-0.05, 0) is 38.2 Å². The summed E-state index contributed by atoms with van der Waals surface area (Å²) < 4.78 is 0. The normalized spacial score (nSPS) is 11.4. The third kappa shape index (κ3) is 4.49. The summed E-state index contributed by atoms with van der Waals surface area (Å²) in [4.78, 5) is 15.5. The number of nitrogens with zero attached hydrogens (tertiary/aromatic N) is 1. The Morgan fingerprint density at radius 2 is 2.05 bits per heavy atom. The zero-order chi connectivity index (χ0) is 15.3. The number of aromatic carboxylic acids is 1. The van der Waals surface area contributed by atoms with Gasteiger partial charge in [-0.25, -0.2) is 4.79 Å². The molecular weight excluding hydrogens is 256 g/mol. The van der Waals surface area contributed by atoms with Crippen molar-refractivity contribution in [1.29, 1.82) is 0 Å². The van der Waals surface area contributed by atoms with Crippen LogP contribution in [0, 0.1) is 19.3 Å². The van der Waals surface area contributed by atoms with Crippen LogP contribution in [0.1, 0.15) is 48.4 Å². The van der Waals surface area contributed by atoms with Crippen LogP contribution in [-0.4, -0.2) is 34.3 Å². The second kappa shape index (κ2) is 6.70. The molecule has 0 radical (unpaired) electrons. The molecule has 0 unspecified atom stereocenters. The number of rotatable bonds is 7. The number of pyridine rings is 1. The minimum atomic E-state index is -0.967. The minimum absolute atomic E-state index is 0.0103. The van der Waals surface area contributed by atoms with E-state index >= 15 is 0 Å². The fourth-order valence-electron chi connectivity index (χ4n) is 2.22. The zero-order valence-electron chi connectivity index (χ0n) is 12.7. The highest BCUT2D eigenvalue weighted by Gasteiger charge is 2.20. The summed E-state index contributed by atoms with van der Waals surface area (Å²) in [6.07, 6.45) is 1.62. The maximum absolute atomic E-state index is 11.3. The Labute approximate surface area is 120 Å². The first-order valence-electron chi connectivity index (χ1n) is 6.83. The lowest BCUT2D eigenvalue weighted by Crippen LogP contribution is -2.24. The van der Waals surface area contributed by atoms with Gasteiger partial charge in [0.1, 0.15) is 5.56 Å². The first-order valence-corrected chi connectivity index (χ1v) is 6.83. The Morgan fingerprint density at radius 1 is 1.40 bits per heavy atom. The molecule has 0 saturated carbocycles. The zero-order valence-corrected chi connectivity index (χ0v) is 12.7. The third-order valence-electron chi connectivity index (χ3n) is 3.31. The minimum Gasteiger partial charge on any atom is -0.478 e. The maximum Gasteiger partial charge on any atom is 0.339 e.